The standard InChI is InChI=1S/C29H44N2O3S2/c1-28(30-13-17-33-18-14-30)21-26(35-3)11-7-23(28)5-9-25(32)10-6-24-8-12-27(36-4)22-29(24,2)31-15-19-34-20-16-31/h7-8,11-12,21-24H,5-6,9-10,13-20H2,1-4H3. The van der Waals surface area contributed by atoms with Crippen LogP contribution in [-0.4, -0.2) is 91.8 Å². The van der Waals surface area contributed by atoms with E-state index in [2.05, 4.69) is 72.6 Å². The highest BCUT2D eigenvalue weighted by Gasteiger charge is 2.41. The maximum atomic E-state index is 13.2. The number of carbonyl (C=O) groups is 1. The molecule has 2 aliphatic heterocycles. The third-order valence-corrected chi connectivity index (χ3v) is 10.1. The maximum Gasteiger partial charge on any atom is 0.132 e. The summed E-state index contributed by atoms with van der Waals surface area (Å²) in [5.41, 5.74) is -0.117. The number of hydrogen-bond acceptors (Lipinski definition) is 7. The summed E-state index contributed by atoms with van der Waals surface area (Å²) >= 11 is 3.60. The van der Waals surface area contributed by atoms with Crippen LogP contribution in [0, 0.1) is 11.8 Å². The van der Waals surface area contributed by atoms with Crippen molar-refractivity contribution < 1.29 is 14.3 Å². The predicted molar refractivity (Wildman–Crippen MR) is 154 cm³/mol. The number of nitrogens with zero attached hydrogens (tertiary/aromatic N) is 2. The Morgan fingerprint density at radius 1 is 0.806 bits per heavy atom. The third kappa shape index (κ3) is 6.41. The van der Waals surface area contributed by atoms with E-state index in [1.165, 1.54) is 9.81 Å². The fourth-order valence-electron chi connectivity index (χ4n) is 6.23. The zero-order valence-electron chi connectivity index (χ0n) is 22.5. The minimum atomic E-state index is -0.0584. The largest absolute Gasteiger partial charge is 0.379 e. The van der Waals surface area contributed by atoms with E-state index in [0.717, 1.165) is 65.4 Å². The molecule has 0 amide bonds. The summed E-state index contributed by atoms with van der Waals surface area (Å²) in [6.07, 6.45) is 21.4. The quantitative estimate of drug-likeness (QED) is 0.385. The number of morpholine rings is 2. The molecule has 4 atom stereocenters. The Morgan fingerprint density at radius 3 is 1.56 bits per heavy atom. The molecule has 200 valence electrons. The fraction of sp³-hybridized carbons (Fsp3) is 0.690. The van der Waals surface area contributed by atoms with Gasteiger partial charge < -0.3 is 9.47 Å². The van der Waals surface area contributed by atoms with Gasteiger partial charge >= 0.3 is 0 Å². The molecule has 0 N–H and O–H groups in total. The first-order valence-electron chi connectivity index (χ1n) is 13.5. The molecule has 2 fully saturated rings. The summed E-state index contributed by atoms with van der Waals surface area (Å²) in [5.74, 6) is 1.08. The van der Waals surface area contributed by atoms with Crippen LogP contribution in [0.25, 0.3) is 0 Å². The molecule has 4 rings (SSSR count). The minimum Gasteiger partial charge on any atom is -0.379 e. The summed E-state index contributed by atoms with van der Waals surface area (Å²) in [6, 6.07) is 0. The van der Waals surface area contributed by atoms with Gasteiger partial charge in [-0.05, 0) is 51.0 Å². The number of rotatable bonds is 10. The third-order valence-electron chi connectivity index (χ3n) is 8.68. The highest BCUT2D eigenvalue weighted by Crippen LogP contribution is 2.40. The monoisotopic (exact) mass is 532 g/mol. The molecule has 0 aromatic carbocycles. The summed E-state index contributed by atoms with van der Waals surface area (Å²) < 4.78 is 11.3. The van der Waals surface area contributed by atoms with Gasteiger partial charge in [0, 0.05) is 59.9 Å². The Kier molecular flexibility index (Phi) is 10.0. The summed E-state index contributed by atoms with van der Waals surface area (Å²) in [6.45, 7) is 11.7. The Hall–Kier alpha value is -0.830. The van der Waals surface area contributed by atoms with Gasteiger partial charge in [0.15, 0.2) is 0 Å². The smallest absolute Gasteiger partial charge is 0.132 e. The molecule has 0 saturated carbocycles. The molecule has 0 bridgehead atoms. The van der Waals surface area contributed by atoms with E-state index < -0.39 is 0 Å². The van der Waals surface area contributed by atoms with E-state index in [-0.39, 0.29) is 11.1 Å². The maximum absolute atomic E-state index is 13.2. The molecule has 0 radical (unpaired) electrons. The van der Waals surface area contributed by atoms with Crippen LogP contribution in [0.3, 0.4) is 0 Å². The van der Waals surface area contributed by atoms with E-state index in [1.807, 2.05) is 0 Å². The second-order valence-corrected chi connectivity index (χ2v) is 12.5. The van der Waals surface area contributed by atoms with Crippen LogP contribution in [0.5, 0.6) is 0 Å². The lowest BCUT2D eigenvalue weighted by Gasteiger charge is -2.47. The second-order valence-electron chi connectivity index (χ2n) is 10.7. The van der Waals surface area contributed by atoms with Crippen molar-refractivity contribution in [3.05, 3.63) is 46.3 Å². The molecule has 7 heteroatoms. The lowest BCUT2D eigenvalue weighted by atomic mass is 9.76. The van der Waals surface area contributed by atoms with Crippen molar-refractivity contribution in [3.8, 4) is 0 Å². The second kappa shape index (κ2) is 12.8. The summed E-state index contributed by atoms with van der Waals surface area (Å²) in [5, 5.41) is 0. The van der Waals surface area contributed by atoms with E-state index in [9.17, 15) is 4.79 Å². The van der Waals surface area contributed by atoms with Gasteiger partial charge in [-0.3, -0.25) is 14.6 Å². The number of hydrogen-bond donors (Lipinski definition) is 0. The molecule has 4 unspecified atom stereocenters. The molecular formula is C29H44N2O3S2. The zero-order chi connectivity index (χ0) is 25.6. The lowest BCUT2D eigenvalue weighted by molar-refractivity contribution is -0.120. The van der Waals surface area contributed by atoms with Crippen LogP contribution in [-0.2, 0) is 14.3 Å². The molecule has 2 aliphatic carbocycles. The van der Waals surface area contributed by atoms with Crippen molar-refractivity contribution in [2.24, 2.45) is 11.8 Å². The van der Waals surface area contributed by atoms with Gasteiger partial charge in [0.25, 0.3) is 0 Å². The number of thioether (sulfide) groups is 2. The van der Waals surface area contributed by atoms with E-state index in [0.29, 0.717) is 30.5 Å². The minimum absolute atomic E-state index is 0.0584. The predicted octanol–water partition coefficient (Wildman–Crippen LogP) is 5.16. The average molecular weight is 533 g/mol. The van der Waals surface area contributed by atoms with Gasteiger partial charge in [-0.15, -0.1) is 23.5 Å². The summed E-state index contributed by atoms with van der Waals surface area (Å²) in [7, 11) is 0. The fourth-order valence-corrected chi connectivity index (χ4v) is 7.37. The van der Waals surface area contributed by atoms with Crippen LogP contribution >= 0.6 is 23.5 Å². The van der Waals surface area contributed by atoms with Crippen LogP contribution in [0.4, 0.5) is 0 Å². The van der Waals surface area contributed by atoms with Crippen LogP contribution in [0.2, 0.25) is 0 Å². The Balaban J connectivity index is 1.36. The van der Waals surface area contributed by atoms with E-state index in [4.69, 9.17) is 9.47 Å². The first-order chi connectivity index (χ1) is 17.4. The van der Waals surface area contributed by atoms with Gasteiger partial charge in [-0.25, -0.2) is 0 Å². The lowest BCUT2D eigenvalue weighted by Crippen LogP contribution is -2.55. The highest BCUT2D eigenvalue weighted by molar-refractivity contribution is 8.02. The molecule has 2 saturated heterocycles. The first kappa shape index (κ1) is 28.2. The van der Waals surface area contributed by atoms with Crippen molar-refractivity contribution >= 4 is 29.3 Å². The molecule has 0 spiro atoms. The topological polar surface area (TPSA) is 42.0 Å². The molecule has 0 aromatic rings. The Bertz CT molecular complexity index is 819. The van der Waals surface area contributed by atoms with Crippen molar-refractivity contribution in [1.29, 1.82) is 0 Å². The normalized spacial score (nSPS) is 33.9. The van der Waals surface area contributed by atoms with Gasteiger partial charge in [-0.1, -0.05) is 36.5 Å². The molecular weight excluding hydrogens is 488 g/mol. The van der Waals surface area contributed by atoms with Gasteiger partial charge in [0.2, 0.25) is 0 Å². The van der Waals surface area contributed by atoms with Crippen molar-refractivity contribution in [2.45, 2.75) is 50.6 Å². The van der Waals surface area contributed by atoms with Crippen molar-refractivity contribution in [3.63, 3.8) is 0 Å². The number of ether oxygens (including phenoxy) is 2. The number of carbonyl (C=O) groups excluding carboxylic acids is 1. The van der Waals surface area contributed by atoms with Crippen LogP contribution in [0.15, 0.2) is 46.3 Å². The number of ketones is 1. The molecule has 5 nitrogen and oxygen atoms in total. The molecule has 2 heterocycles. The van der Waals surface area contributed by atoms with Crippen molar-refractivity contribution in [2.75, 3.05) is 65.1 Å². The van der Waals surface area contributed by atoms with Crippen molar-refractivity contribution in [1.82, 2.24) is 9.80 Å². The van der Waals surface area contributed by atoms with E-state index in [1.54, 1.807) is 23.5 Å². The SMILES string of the molecule is CSC1=CC(C)(N2CCOCC2)C(CCC(=O)CCC2C=CC(SC)=CC2(C)N2CCOCC2)C=C1. The molecule has 36 heavy (non-hydrogen) atoms. The molecule has 4 aliphatic rings. The van der Waals surface area contributed by atoms with Gasteiger partial charge in [0.05, 0.1) is 26.4 Å². The van der Waals surface area contributed by atoms with Gasteiger partial charge in [0.1, 0.15) is 5.78 Å². The average Bonchev–Trinajstić information content (AvgIpc) is 2.92. The Labute approximate surface area is 226 Å². The van der Waals surface area contributed by atoms with Gasteiger partial charge in [-0.2, -0.15) is 0 Å². The molecule has 0 aromatic heterocycles. The summed E-state index contributed by atoms with van der Waals surface area (Å²) in [4.78, 5) is 20.9. The first-order valence-corrected chi connectivity index (χ1v) is 15.9. The highest BCUT2D eigenvalue weighted by atomic mass is 32.2. The van der Waals surface area contributed by atoms with Crippen LogP contribution in [0.1, 0.15) is 39.5 Å². The van der Waals surface area contributed by atoms with Crippen LogP contribution < -0.4 is 0 Å². The number of allylic oxidation sites excluding steroid dienone is 2. The van der Waals surface area contributed by atoms with E-state index >= 15 is 0 Å². The number of Topliss-reactive ketones (excluding diaryl/α,β-unsaturated/α-hetero) is 1. The zero-order valence-corrected chi connectivity index (χ0v) is 24.2. The Morgan fingerprint density at radius 2 is 1.19 bits per heavy atom.